The summed E-state index contributed by atoms with van der Waals surface area (Å²) in [6.07, 6.45) is 3.86. The molecule has 1 saturated heterocycles. The maximum Gasteiger partial charge on any atom is 0.267 e. The van der Waals surface area contributed by atoms with Crippen LogP contribution in [0.2, 0.25) is 0 Å². The normalized spacial score (nSPS) is 27.3. The summed E-state index contributed by atoms with van der Waals surface area (Å²) in [5, 5.41) is 11.1. The summed E-state index contributed by atoms with van der Waals surface area (Å²) >= 11 is 0. The largest absolute Gasteiger partial charge is 0.438 e. The fourth-order valence-corrected chi connectivity index (χ4v) is 3.21. The first-order valence-corrected chi connectivity index (χ1v) is 7.47. The van der Waals surface area contributed by atoms with Gasteiger partial charge in [-0.25, -0.2) is 0 Å². The zero-order valence-electron chi connectivity index (χ0n) is 12.1. The molecule has 0 saturated carbocycles. The van der Waals surface area contributed by atoms with E-state index in [9.17, 15) is 9.90 Å². The van der Waals surface area contributed by atoms with Gasteiger partial charge in [-0.3, -0.25) is 4.79 Å². The van der Waals surface area contributed by atoms with Crippen LogP contribution in [0.3, 0.4) is 0 Å². The molecule has 0 radical (unpaired) electrons. The van der Waals surface area contributed by atoms with Gasteiger partial charge in [0.05, 0.1) is 18.8 Å². The minimum Gasteiger partial charge on any atom is -0.438 e. The van der Waals surface area contributed by atoms with Crippen molar-refractivity contribution in [2.24, 2.45) is 0 Å². The fraction of sp³-hybridized carbons (Fsp3) is 0.353. The lowest BCUT2D eigenvalue weighted by atomic mass is 9.83. The van der Waals surface area contributed by atoms with Gasteiger partial charge < -0.3 is 19.5 Å². The summed E-state index contributed by atoms with van der Waals surface area (Å²) in [5.74, 6) is -1.46. The Kier molecular flexibility index (Phi) is 3.06. The van der Waals surface area contributed by atoms with Crippen LogP contribution in [0.15, 0.2) is 47.9 Å². The number of carbonyl (C=O) groups excluding carboxylic acids is 1. The highest BCUT2D eigenvalue weighted by molar-refractivity contribution is 6.06. The summed E-state index contributed by atoms with van der Waals surface area (Å²) in [6.45, 7) is 2.48. The SMILES string of the molecule is O=C1C=C(N2CCOCC2)OC2(O)C1=CCc1ccccc12. The smallest absolute Gasteiger partial charge is 0.267 e. The number of aliphatic hydroxyl groups is 1. The van der Waals surface area contributed by atoms with Crippen LogP contribution in [0.5, 0.6) is 0 Å². The van der Waals surface area contributed by atoms with Crippen molar-refractivity contribution in [3.8, 4) is 0 Å². The Morgan fingerprint density at radius 2 is 1.95 bits per heavy atom. The van der Waals surface area contributed by atoms with Gasteiger partial charge in [0, 0.05) is 24.7 Å². The summed E-state index contributed by atoms with van der Waals surface area (Å²) in [6, 6.07) is 7.53. The predicted molar refractivity (Wildman–Crippen MR) is 78.7 cm³/mol. The number of ketones is 1. The number of morpholine rings is 1. The average Bonchev–Trinajstić information content (AvgIpc) is 2.55. The third-order valence-corrected chi connectivity index (χ3v) is 4.37. The molecule has 2 heterocycles. The van der Waals surface area contributed by atoms with Crippen LogP contribution >= 0.6 is 0 Å². The van der Waals surface area contributed by atoms with Crippen LogP contribution in [-0.4, -0.2) is 42.1 Å². The Morgan fingerprint density at radius 1 is 1.18 bits per heavy atom. The molecule has 1 aromatic carbocycles. The number of carbonyl (C=O) groups is 1. The monoisotopic (exact) mass is 299 g/mol. The molecule has 0 spiro atoms. The number of fused-ring (bicyclic) bond motifs is 3. The molecule has 1 N–H and O–H groups in total. The molecular weight excluding hydrogens is 282 g/mol. The number of hydrogen-bond acceptors (Lipinski definition) is 5. The van der Waals surface area contributed by atoms with Gasteiger partial charge in [-0.1, -0.05) is 30.3 Å². The standard InChI is InChI=1S/C17H17NO4/c19-15-11-16(18-7-9-21-10-8-18)22-17(20)13-4-2-1-3-12(13)5-6-14(15)17/h1-4,6,11,20H,5,7-10H2. The van der Waals surface area contributed by atoms with Gasteiger partial charge in [0.25, 0.3) is 5.79 Å². The lowest BCUT2D eigenvalue weighted by Crippen LogP contribution is -2.46. The van der Waals surface area contributed by atoms with Gasteiger partial charge >= 0.3 is 0 Å². The van der Waals surface area contributed by atoms with Gasteiger partial charge in [-0.15, -0.1) is 0 Å². The highest BCUT2D eigenvalue weighted by Gasteiger charge is 2.47. The van der Waals surface area contributed by atoms with E-state index in [0.29, 0.717) is 49.7 Å². The van der Waals surface area contributed by atoms with Crippen LogP contribution in [0, 0.1) is 0 Å². The Hall–Kier alpha value is -2.11. The third-order valence-electron chi connectivity index (χ3n) is 4.37. The topological polar surface area (TPSA) is 59.0 Å². The molecule has 5 nitrogen and oxygen atoms in total. The Bertz CT molecular complexity index is 688. The first-order valence-electron chi connectivity index (χ1n) is 7.47. The molecule has 0 bridgehead atoms. The van der Waals surface area contributed by atoms with Crippen molar-refractivity contribution in [1.29, 1.82) is 0 Å². The van der Waals surface area contributed by atoms with Crippen LogP contribution in [0.1, 0.15) is 11.1 Å². The molecule has 5 heteroatoms. The fourth-order valence-electron chi connectivity index (χ4n) is 3.21. The number of benzene rings is 1. The highest BCUT2D eigenvalue weighted by atomic mass is 16.6. The van der Waals surface area contributed by atoms with Crippen LogP contribution in [0.4, 0.5) is 0 Å². The molecule has 1 fully saturated rings. The summed E-state index contributed by atoms with van der Waals surface area (Å²) in [7, 11) is 0. The minimum absolute atomic E-state index is 0.190. The molecule has 1 aliphatic carbocycles. The van der Waals surface area contributed by atoms with Crippen molar-refractivity contribution >= 4 is 5.78 Å². The predicted octanol–water partition coefficient (Wildman–Crippen LogP) is 1.09. The molecule has 1 unspecified atom stereocenters. The second-order valence-electron chi connectivity index (χ2n) is 5.67. The maximum atomic E-state index is 12.5. The molecule has 114 valence electrons. The molecule has 3 aliphatic rings. The van der Waals surface area contributed by atoms with Crippen LogP contribution in [0.25, 0.3) is 0 Å². The zero-order valence-corrected chi connectivity index (χ0v) is 12.1. The molecule has 4 rings (SSSR count). The lowest BCUT2D eigenvalue weighted by Gasteiger charge is -2.41. The van der Waals surface area contributed by atoms with Gasteiger partial charge in [-0.2, -0.15) is 0 Å². The van der Waals surface area contributed by atoms with Crippen LogP contribution in [-0.2, 0) is 26.5 Å². The first-order chi connectivity index (χ1) is 10.7. The Labute approximate surface area is 128 Å². The van der Waals surface area contributed by atoms with E-state index in [4.69, 9.17) is 9.47 Å². The molecule has 2 aliphatic heterocycles. The maximum absolute atomic E-state index is 12.5. The van der Waals surface area contributed by atoms with Gasteiger partial charge in [0.2, 0.25) is 0 Å². The third kappa shape index (κ3) is 1.97. The van der Waals surface area contributed by atoms with E-state index in [-0.39, 0.29) is 5.78 Å². The van der Waals surface area contributed by atoms with Crippen LogP contribution < -0.4 is 0 Å². The first kappa shape index (κ1) is 13.5. The van der Waals surface area contributed by atoms with Crippen molar-refractivity contribution in [1.82, 2.24) is 4.90 Å². The summed E-state index contributed by atoms with van der Waals surface area (Å²) < 4.78 is 11.2. The van der Waals surface area contributed by atoms with E-state index in [0.717, 1.165) is 5.56 Å². The van der Waals surface area contributed by atoms with Crippen molar-refractivity contribution < 1.29 is 19.4 Å². The molecule has 0 amide bonds. The number of nitrogens with zero attached hydrogens (tertiary/aromatic N) is 1. The van der Waals surface area contributed by atoms with Gasteiger partial charge in [0.15, 0.2) is 11.7 Å². The van der Waals surface area contributed by atoms with E-state index in [2.05, 4.69) is 0 Å². The van der Waals surface area contributed by atoms with Crippen molar-refractivity contribution in [3.05, 3.63) is 59.0 Å². The number of allylic oxidation sites excluding steroid dienone is 2. The molecular formula is C17H17NO4. The molecule has 22 heavy (non-hydrogen) atoms. The molecule has 1 atom stereocenters. The average molecular weight is 299 g/mol. The van der Waals surface area contributed by atoms with Crippen molar-refractivity contribution in [2.75, 3.05) is 26.3 Å². The quantitative estimate of drug-likeness (QED) is 0.841. The van der Waals surface area contributed by atoms with E-state index < -0.39 is 5.79 Å². The summed E-state index contributed by atoms with van der Waals surface area (Å²) in [4.78, 5) is 14.4. The van der Waals surface area contributed by atoms with E-state index >= 15 is 0 Å². The zero-order chi connectivity index (χ0) is 15.2. The number of ether oxygens (including phenoxy) is 2. The lowest BCUT2D eigenvalue weighted by molar-refractivity contribution is -0.185. The number of hydrogen-bond donors (Lipinski definition) is 1. The second kappa shape index (κ2) is 4.97. The van der Waals surface area contributed by atoms with Gasteiger partial charge in [0.1, 0.15) is 0 Å². The summed E-state index contributed by atoms with van der Waals surface area (Å²) in [5.41, 5.74) is 1.94. The van der Waals surface area contributed by atoms with E-state index in [1.807, 2.05) is 29.2 Å². The number of rotatable bonds is 1. The van der Waals surface area contributed by atoms with E-state index in [1.165, 1.54) is 6.08 Å². The Balaban J connectivity index is 1.76. The second-order valence-corrected chi connectivity index (χ2v) is 5.67. The van der Waals surface area contributed by atoms with E-state index in [1.54, 1.807) is 6.08 Å². The Morgan fingerprint density at radius 3 is 2.77 bits per heavy atom. The minimum atomic E-state index is -1.69. The van der Waals surface area contributed by atoms with Crippen molar-refractivity contribution in [2.45, 2.75) is 12.2 Å². The van der Waals surface area contributed by atoms with Crippen molar-refractivity contribution in [3.63, 3.8) is 0 Å². The highest BCUT2D eigenvalue weighted by Crippen LogP contribution is 2.42. The van der Waals surface area contributed by atoms with Gasteiger partial charge in [-0.05, 0) is 12.0 Å². The molecule has 1 aromatic rings. The molecule has 0 aromatic heterocycles.